The normalized spacial score (nSPS) is 17.1. The highest BCUT2D eigenvalue weighted by atomic mass is 19.4. The maximum absolute atomic E-state index is 12.6. The van der Waals surface area contributed by atoms with Crippen molar-refractivity contribution in [3.8, 4) is 0 Å². The molecule has 0 saturated carbocycles. The van der Waals surface area contributed by atoms with Gasteiger partial charge in [0.15, 0.2) is 0 Å². The van der Waals surface area contributed by atoms with Crippen molar-refractivity contribution in [2.75, 3.05) is 18.4 Å². The number of piperidine rings is 1. The van der Waals surface area contributed by atoms with E-state index in [1.807, 2.05) is 23.1 Å². The van der Waals surface area contributed by atoms with Crippen LogP contribution in [-0.4, -0.2) is 45.9 Å². The molecule has 1 atom stereocenters. The molecule has 3 rings (SSSR count). The molecule has 1 aromatic heterocycles. The summed E-state index contributed by atoms with van der Waals surface area (Å²) < 4.78 is 39.7. The lowest BCUT2D eigenvalue weighted by Crippen LogP contribution is -2.42. The molecule has 164 valence electrons. The molecule has 0 radical (unpaired) electrons. The van der Waals surface area contributed by atoms with Crippen LogP contribution < -0.4 is 5.32 Å². The standard InChI is InChI=1S/C22H29F3N4O/c1-17(16-22(23,24)25)28-14-11-19(12-15-28)29-20(10-13-26-29)27-21(30)9-5-8-18-6-3-2-4-7-18/h2-4,6-7,10,13,17,19H,5,8-9,11-12,14-16H2,1H3,(H,27,30)/t17-/m0/s1. The van der Waals surface area contributed by atoms with Crippen LogP contribution >= 0.6 is 0 Å². The van der Waals surface area contributed by atoms with Gasteiger partial charge >= 0.3 is 6.18 Å². The van der Waals surface area contributed by atoms with Gasteiger partial charge in [-0.3, -0.25) is 4.79 Å². The molecule has 0 spiro atoms. The molecule has 0 unspecified atom stereocenters. The second-order valence-corrected chi connectivity index (χ2v) is 7.98. The van der Waals surface area contributed by atoms with Crippen molar-refractivity contribution in [2.24, 2.45) is 0 Å². The van der Waals surface area contributed by atoms with Crippen LogP contribution in [0.5, 0.6) is 0 Å². The molecule has 8 heteroatoms. The summed E-state index contributed by atoms with van der Waals surface area (Å²) >= 11 is 0. The first-order valence-corrected chi connectivity index (χ1v) is 10.5. The van der Waals surface area contributed by atoms with Crippen LogP contribution in [0, 0.1) is 0 Å². The molecular formula is C22H29F3N4O. The molecule has 2 aromatic rings. The van der Waals surface area contributed by atoms with Crippen molar-refractivity contribution < 1.29 is 18.0 Å². The molecule has 2 heterocycles. The third-order valence-corrected chi connectivity index (χ3v) is 5.65. The summed E-state index contributed by atoms with van der Waals surface area (Å²) in [5, 5.41) is 7.29. The van der Waals surface area contributed by atoms with Crippen LogP contribution in [0.2, 0.25) is 0 Å². The van der Waals surface area contributed by atoms with E-state index >= 15 is 0 Å². The molecule has 1 fully saturated rings. The van der Waals surface area contributed by atoms with E-state index in [4.69, 9.17) is 0 Å². The van der Waals surface area contributed by atoms with Gasteiger partial charge in [-0.25, -0.2) is 4.68 Å². The number of hydrogen-bond donors (Lipinski definition) is 1. The van der Waals surface area contributed by atoms with E-state index in [1.165, 1.54) is 5.56 Å². The quantitative estimate of drug-likeness (QED) is 0.663. The van der Waals surface area contributed by atoms with E-state index in [1.54, 1.807) is 23.9 Å². The van der Waals surface area contributed by atoms with Crippen LogP contribution in [-0.2, 0) is 11.2 Å². The first-order chi connectivity index (χ1) is 14.3. The largest absolute Gasteiger partial charge is 0.390 e. The Bertz CT molecular complexity index is 798. The summed E-state index contributed by atoms with van der Waals surface area (Å²) in [6.45, 7) is 2.81. The number of nitrogens with one attached hydrogen (secondary N) is 1. The van der Waals surface area contributed by atoms with E-state index in [2.05, 4.69) is 22.5 Å². The van der Waals surface area contributed by atoms with Gasteiger partial charge < -0.3 is 10.2 Å². The first-order valence-electron chi connectivity index (χ1n) is 10.5. The van der Waals surface area contributed by atoms with Crippen LogP contribution in [0.25, 0.3) is 0 Å². The molecule has 1 N–H and O–H groups in total. The Morgan fingerprint density at radius 2 is 1.90 bits per heavy atom. The Kier molecular flexibility index (Phi) is 7.53. The van der Waals surface area contributed by atoms with Crippen LogP contribution in [0.3, 0.4) is 0 Å². The Morgan fingerprint density at radius 1 is 1.20 bits per heavy atom. The van der Waals surface area contributed by atoms with Crippen molar-refractivity contribution in [3.05, 3.63) is 48.2 Å². The average molecular weight is 422 g/mol. The zero-order valence-corrected chi connectivity index (χ0v) is 17.2. The highest BCUT2D eigenvalue weighted by molar-refractivity contribution is 5.89. The second kappa shape index (κ2) is 10.1. The van der Waals surface area contributed by atoms with Gasteiger partial charge in [-0.05, 0) is 38.2 Å². The molecule has 1 saturated heterocycles. The third kappa shape index (κ3) is 6.58. The maximum atomic E-state index is 12.6. The van der Waals surface area contributed by atoms with Crippen LogP contribution in [0.15, 0.2) is 42.6 Å². The summed E-state index contributed by atoms with van der Waals surface area (Å²) in [5.41, 5.74) is 1.21. The van der Waals surface area contributed by atoms with E-state index in [0.29, 0.717) is 38.2 Å². The van der Waals surface area contributed by atoms with Crippen molar-refractivity contribution in [1.82, 2.24) is 14.7 Å². The lowest BCUT2D eigenvalue weighted by molar-refractivity contribution is -0.147. The second-order valence-electron chi connectivity index (χ2n) is 7.98. The fraction of sp³-hybridized carbons (Fsp3) is 0.545. The number of halogens is 3. The Hall–Kier alpha value is -2.35. The van der Waals surface area contributed by atoms with Crippen LogP contribution in [0.1, 0.15) is 50.6 Å². The number of carbonyl (C=O) groups excluding carboxylic acids is 1. The van der Waals surface area contributed by atoms with Gasteiger partial charge in [0, 0.05) is 31.6 Å². The first kappa shape index (κ1) is 22.3. The summed E-state index contributed by atoms with van der Waals surface area (Å²) in [4.78, 5) is 14.2. The number of amides is 1. The van der Waals surface area contributed by atoms with E-state index in [-0.39, 0.29) is 11.9 Å². The Morgan fingerprint density at radius 3 is 2.57 bits per heavy atom. The number of aromatic nitrogens is 2. The van der Waals surface area contributed by atoms with E-state index in [0.717, 1.165) is 12.8 Å². The highest BCUT2D eigenvalue weighted by Crippen LogP contribution is 2.29. The maximum Gasteiger partial charge on any atom is 0.390 e. The smallest absolute Gasteiger partial charge is 0.311 e. The molecule has 0 bridgehead atoms. The van der Waals surface area contributed by atoms with Gasteiger partial charge in [0.2, 0.25) is 5.91 Å². The summed E-state index contributed by atoms with van der Waals surface area (Å²) in [5.74, 6) is 0.602. The molecule has 1 amide bonds. The zero-order chi connectivity index (χ0) is 21.6. The minimum Gasteiger partial charge on any atom is -0.311 e. The van der Waals surface area contributed by atoms with Gasteiger partial charge in [0.25, 0.3) is 0 Å². The lowest BCUT2D eigenvalue weighted by atomic mass is 10.0. The minimum absolute atomic E-state index is 0.0519. The monoisotopic (exact) mass is 422 g/mol. The van der Waals surface area contributed by atoms with E-state index in [9.17, 15) is 18.0 Å². The molecule has 1 aliphatic rings. The van der Waals surface area contributed by atoms with Crippen molar-refractivity contribution in [3.63, 3.8) is 0 Å². The fourth-order valence-electron chi connectivity index (χ4n) is 4.04. The number of carbonyl (C=O) groups is 1. The number of anilines is 1. The number of hydrogen-bond acceptors (Lipinski definition) is 3. The average Bonchev–Trinajstić information content (AvgIpc) is 3.15. The zero-order valence-electron chi connectivity index (χ0n) is 17.2. The third-order valence-electron chi connectivity index (χ3n) is 5.65. The van der Waals surface area contributed by atoms with Crippen molar-refractivity contribution in [2.45, 2.75) is 63.7 Å². The number of alkyl halides is 3. The van der Waals surface area contributed by atoms with Crippen molar-refractivity contribution >= 4 is 11.7 Å². The number of nitrogens with zero attached hydrogens (tertiary/aromatic N) is 3. The van der Waals surface area contributed by atoms with Gasteiger partial charge in [0.05, 0.1) is 18.7 Å². The number of likely N-dealkylation sites (tertiary alicyclic amines) is 1. The number of aryl methyl sites for hydroxylation is 1. The summed E-state index contributed by atoms with van der Waals surface area (Å²) in [7, 11) is 0. The SMILES string of the molecule is C[C@@H](CC(F)(F)F)N1CCC(n2nccc2NC(=O)CCCc2ccccc2)CC1. The minimum atomic E-state index is -4.14. The summed E-state index contributed by atoms with van der Waals surface area (Å²) in [6, 6.07) is 11.4. The Balaban J connectivity index is 1.46. The van der Waals surface area contributed by atoms with Gasteiger partial charge in [-0.2, -0.15) is 18.3 Å². The molecule has 30 heavy (non-hydrogen) atoms. The predicted molar refractivity (Wildman–Crippen MR) is 110 cm³/mol. The summed E-state index contributed by atoms with van der Waals surface area (Å²) in [6.07, 6.45) is 0.175. The Labute approximate surface area is 175 Å². The highest BCUT2D eigenvalue weighted by Gasteiger charge is 2.34. The van der Waals surface area contributed by atoms with Crippen molar-refractivity contribution in [1.29, 1.82) is 0 Å². The van der Waals surface area contributed by atoms with Crippen LogP contribution in [0.4, 0.5) is 19.0 Å². The predicted octanol–water partition coefficient (Wildman–Crippen LogP) is 4.82. The van der Waals surface area contributed by atoms with Gasteiger partial charge in [-0.1, -0.05) is 30.3 Å². The van der Waals surface area contributed by atoms with Gasteiger partial charge in [-0.15, -0.1) is 0 Å². The number of rotatable bonds is 8. The number of benzene rings is 1. The molecular weight excluding hydrogens is 393 g/mol. The fourth-order valence-corrected chi connectivity index (χ4v) is 4.04. The van der Waals surface area contributed by atoms with Gasteiger partial charge in [0.1, 0.15) is 5.82 Å². The molecule has 1 aliphatic heterocycles. The topological polar surface area (TPSA) is 50.2 Å². The van der Waals surface area contributed by atoms with E-state index < -0.39 is 18.6 Å². The molecule has 0 aliphatic carbocycles. The lowest BCUT2D eigenvalue weighted by Gasteiger charge is -2.36. The molecule has 1 aromatic carbocycles. The molecule has 5 nitrogen and oxygen atoms in total.